The van der Waals surface area contributed by atoms with Crippen LogP contribution in [-0.4, -0.2) is 23.1 Å². The molecule has 0 spiro atoms. The first-order valence-corrected chi connectivity index (χ1v) is 6.72. The molecule has 1 unspecified atom stereocenters. The Morgan fingerprint density at radius 3 is 2.39 bits per heavy atom. The molecular formula is C11H12Br2N2O3. The third kappa shape index (κ3) is 4.66. The second-order valence-electron chi connectivity index (χ2n) is 3.69. The summed E-state index contributed by atoms with van der Waals surface area (Å²) < 4.78 is 1.47. The molecule has 1 atom stereocenters. The van der Waals surface area contributed by atoms with Crippen LogP contribution < -0.4 is 10.6 Å². The van der Waals surface area contributed by atoms with E-state index < -0.39 is 18.0 Å². The molecule has 0 saturated heterocycles. The number of nitrogens with one attached hydrogen (secondary N) is 2. The van der Waals surface area contributed by atoms with E-state index in [9.17, 15) is 9.59 Å². The number of aliphatic carboxylic acids is 1. The lowest BCUT2D eigenvalue weighted by Gasteiger charge is -2.14. The van der Waals surface area contributed by atoms with Crippen molar-refractivity contribution in [1.82, 2.24) is 5.32 Å². The summed E-state index contributed by atoms with van der Waals surface area (Å²) in [5.41, 5.74) is 0.595. The van der Waals surface area contributed by atoms with Crippen LogP contribution in [0.4, 0.5) is 10.5 Å². The number of para-hydroxylation sites is 1. The van der Waals surface area contributed by atoms with Gasteiger partial charge in [0.05, 0.1) is 12.1 Å². The van der Waals surface area contributed by atoms with Gasteiger partial charge >= 0.3 is 12.0 Å². The fourth-order valence-corrected chi connectivity index (χ4v) is 2.50. The van der Waals surface area contributed by atoms with E-state index in [0.29, 0.717) is 5.69 Å². The fraction of sp³-hybridized carbons (Fsp3) is 0.273. The Hall–Kier alpha value is -1.08. The van der Waals surface area contributed by atoms with E-state index in [4.69, 9.17) is 5.11 Å². The molecule has 0 bridgehead atoms. The third-order valence-corrected chi connectivity index (χ3v) is 3.38. The van der Waals surface area contributed by atoms with Gasteiger partial charge in [-0.2, -0.15) is 0 Å². The highest BCUT2D eigenvalue weighted by molar-refractivity contribution is 9.11. The number of hydrogen-bond acceptors (Lipinski definition) is 2. The van der Waals surface area contributed by atoms with Crippen LogP contribution in [-0.2, 0) is 4.79 Å². The maximum Gasteiger partial charge on any atom is 0.319 e. The van der Waals surface area contributed by atoms with Crippen molar-refractivity contribution in [3.05, 3.63) is 27.1 Å². The Kier molecular flexibility index (Phi) is 5.61. The third-order valence-electron chi connectivity index (χ3n) is 2.06. The number of halogens is 2. The van der Waals surface area contributed by atoms with Gasteiger partial charge in [0.1, 0.15) is 0 Å². The van der Waals surface area contributed by atoms with E-state index in [-0.39, 0.29) is 6.42 Å². The molecule has 98 valence electrons. The molecule has 7 heteroatoms. The maximum atomic E-state index is 11.7. The molecule has 18 heavy (non-hydrogen) atoms. The van der Waals surface area contributed by atoms with Gasteiger partial charge in [0, 0.05) is 15.0 Å². The van der Waals surface area contributed by atoms with Gasteiger partial charge in [0.25, 0.3) is 0 Å². The Bertz CT molecular complexity index is 445. The molecule has 3 N–H and O–H groups in total. The van der Waals surface area contributed by atoms with Gasteiger partial charge in [-0.25, -0.2) is 4.79 Å². The molecule has 1 aromatic rings. The largest absolute Gasteiger partial charge is 0.481 e. The number of hydrogen-bond donors (Lipinski definition) is 3. The van der Waals surface area contributed by atoms with E-state index >= 15 is 0 Å². The molecule has 0 heterocycles. The van der Waals surface area contributed by atoms with Crippen LogP contribution >= 0.6 is 31.9 Å². The minimum absolute atomic E-state index is 0.120. The predicted octanol–water partition coefficient (Wildman–Crippen LogP) is 3.20. The van der Waals surface area contributed by atoms with Crippen LogP contribution in [0.3, 0.4) is 0 Å². The number of carboxylic acids is 1. The van der Waals surface area contributed by atoms with Gasteiger partial charge in [-0.3, -0.25) is 4.79 Å². The smallest absolute Gasteiger partial charge is 0.319 e. The monoisotopic (exact) mass is 378 g/mol. The van der Waals surface area contributed by atoms with Crippen LogP contribution in [0.15, 0.2) is 27.1 Å². The Balaban J connectivity index is 2.62. The summed E-state index contributed by atoms with van der Waals surface area (Å²) in [7, 11) is 0. The summed E-state index contributed by atoms with van der Waals surface area (Å²) >= 11 is 6.63. The van der Waals surface area contributed by atoms with Crippen LogP contribution in [0, 0.1) is 0 Å². The second-order valence-corrected chi connectivity index (χ2v) is 5.40. The van der Waals surface area contributed by atoms with Gasteiger partial charge in [0.2, 0.25) is 0 Å². The quantitative estimate of drug-likeness (QED) is 0.751. The molecule has 0 aliphatic carbocycles. The lowest BCUT2D eigenvalue weighted by molar-refractivity contribution is -0.137. The van der Waals surface area contributed by atoms with Crippen molar-refractivity contribution < 1.29 is 14.7 Å². The molecule has 0 aromatic heterocycles. The van der Waals surface area contributed by atoms with E-state index in [1.54, 1.807) is 19.1 Å². The summed E-state index contributed by atoms with van der Waals surface area (Å²) in [6, 6.07) is 4.52. The zero-order valence-electron chi connectivity index (χ0n) is 9.54. The van der Waals surface area contributed by atoms with Crippen molar-refractivity contribution in [1.29, 1.82) is 0 Å². The summed E-state index contributed by atoms with van der Waals surface area (Å²) in [5, 5.41) is 13.8. The highest BCUT2D eigenvalue weighted by atomic mass is 79.9. The standard InChI is InChI=1S/C11H12Br2N2O3/c1-6(5-9(16)17)14-11(18)15-10-7(12)3-2-4-8(10)13/h2-4,6H,5H2,1H3,(H,16,17)(H2,14,15,18). The van der Waals surface area contributed by atoms with E-state index in [0.717, 1.165) is 8.95 Å². The molecule has 5 nitrogen and oxygen atoms in total. The zero-order valence-corrected chi connectivity index (χ0v) is 12.7. The van der Waals surface area contributed by atoms with Crippen molar-refractivity contribution >= 4 is 49.5 Å². The zero-order chi connectivity index (χ0) is 13.7. The normalized spacial score (nSPS) is 11.7. The van der Waals surface area contributed by atoms with Gasteiger partial charge in [0.15, 0.2) is 0 Å². The van der Waals surface area contributed by atoms with Crippen molar-refractivity contribution in [3.8, 4) is 0 Å². The first-order valence-electron chi connectivity index (χ1n) is 5.13. The van der Waals surface area contributed by atoms with Crippen molar-refractivity contribution in [2.45, 2.75) is 19.4 Å². The Labute approximate surface area is 121 Å². The minimum Gasteiger partial charge on any atom is -0.481 e. The topological polar surface area (TPSA) is 78.4 Å². The average Bonchev–Trinajstić information content (AvgIpc) is 2.22. The number of benzene rings is 1. The van der Waals surface area contributed by atoms with E-state index in [2.05, 4.69) is 42.5 Å². The predicted molar refractivity (Wildman–Crippen MR) is 75.7 cm³/mol. The highest BCUT2D eigenvalue weighted by Gasteiger charge is 2.13. The van der Waals surface area contributed by atoms with Crippen molar-refractivity contribution in [2.24, 2.45) is 0 Å². The lowest BCUT2D eigenvalue weighted by Crippen LogP contribution is -2.37. The fourth-order valence-electron chi connectivity index (χ4n) is 1.30. The first kappa shape index (κ1) is 15.0. The number of carboxylic acid groups (broad SMARTS) is 1. The maximum absolute atomic E-state index is 11.7. The minimum atomic E-state index is -0.954. The number of rotatable bonds is 4. The molecule has 1 aromatic carbocycles. The number of carbonyl (C=O) groups is 2. The van der Waals surface area contributed by atoms with Crippen LogP contribution in [0.5, 0.6) is 0 Å². The summed E-state index contributed by atoms with van der Waals surface area (Å²) in [6.07, 6.45) is -0.120. The number of urea groups is 1. The number of anilines is 1. The number of carbonyl (C=O) groups excluding carboxylic acids is 1. The van der Waals surface area contributed by atoms with E-state index in [1.807, 2.05) is 6.07 Å². The van der Waals surface area contributed by atoms with Crippen molar-refractivity contribution in [3.63, 3.8) is 0 Å². The van der Waals surface area contributed by atoms with Crippen molar-refractivity contribution in [2.75, 3.05) is 5.32 Å². The molecule has 0 aliphatic heterocycles. The Morgan fingerprint density at radius 1 is 1.33 bits per heavy atom. The Morgan fingerprint density at radius 2 is 1.89 bits per heavy atom. The van der Waals surface area contributed by atoms with Crippen LogP contribution in [0.2, 0.25) is 0 Å². The molecule has 0 aliphatic rings. The summed E-state index contributed by atoms with van der Waals surface area (Å²) in [4.78, 5) is 22.1. The SMILES string of the molecule is CC(CC(=O)O)NC(=O)Nc1c(Br)cccc1Br. The van der Waals surface area contributed by atoms with Gasteiger partial charge in [-0.15, -0.1) is 0 Å². The second kappa shape index (κ2) is 6.75. The average molecular weight is 380 g/mol. The lowest BCUT2D eigenvalue weighted by atomic mass is 10.2. The van der Waals surface area contributed by atoms with Gasteiger partial charge < -0.3 is 15.7 Å². The van der Waals surface area contributed by atoms with Crippen LogP contribution in [0.1, 0.15) is 13.3 Å². The van der Waals surface area contributed by atoms with Gasteiger partial charge in [-0.05, 0) is 50.9 Å². The molecule has 2 amide bonds. The molecule has 0 fully saturated rings. The molecule has 0 saturated carbocycles. The molecule has 1 rings (SSSR count). The van der Waals surface area contributed by atoms with Gasteiger partial charge in [-0.1, -0.05) is 6.07 Å². The van der Waals surface area contributed by atoms with Crippen LogP contribution in [0.25, 0.3) is 0 Å². The van der Waals surface area contributed by atoms with E-state index in [1.165, 1.54) is 0 Å². The number of amides is 2. The molecule has 0 radical (unpaired) electrons. The highest BCUT2D eigenvalue weighted by Crippen LogP contribution is 2.30. The first-order chi connectivity index (χ1) is 8.40. The summed E-state index contributed by atoms with van der Waals surface area (Å²) in [5.74, 6) is -0.954. The molecular weight excluding hydrogens is 368 g/mol. The summed E-state index contributed by atoms with van der Waals surface area (Å²) in [6.45, 7) is 1.63.